The van der Waals surface area contributed by atoms with Crippen LogP contribution in [0.3, 0.4) is 0 Å². The summed E-state index contributed by atoms with van der Waals surface area (Å²) in [6.07, 6.45) is 7.48. The Labute approximate surface area is 179 Å². The van der Waals surface area contributed by atoms with Crippen molar-refractivity contribution in [2.24, 2.45) is 7.05 Å². The van der Waals surface area contributed by atoms with Gasteiger partial charge in [0.1, 0.15) is 6.04 Å². The van der Waals surface area contributed by atoms with Crippen LogP contribution in [-0.2, 0) is 18.4 Å². The fourth-order valence-corrected chi connectivity index (χ4v) is 3.57. The lowest BCUT2D eigenvalue weighted by atomic mass is 10.0. The first kappa shape index (κ1) is 24.4. The van der Waals surface area contributed by atoms with Crippen LogP contribution in [0.5, 0.6) is 0 Å². The van der Waals surface area contributed by atoms with E-state index in [2.05, 4.69) is 39.7 Å². The highest BCUT2D eigenvalue weighted by Crippen LogP contribution is 2.20. The quantitative estimate of drug-likeness (QED) is 0.739. The van der Waals surface area contributed by atoms with Gasteiger partial charge in [0.2, 0.25) is 5.91 Å². The number of nitrogens with one attached hydrogen (secondary N) is 2. The zero-order chi connectivity index (χ0) is 18.5. The maximum atomic E-state index is 12.6. The van der Waals surface area contributed by atoms with Gasteiger partial charge in [0.25, 0.3) is 0 Å². The van der Waals surface area contributed by atoms with Gasteiger partial charge in [-0.3, -0.25) is 14.4 Å². The summed E-state index contributed by atoms with van der Waals surface area (Å²) in [4.78, 5) is 15.1. The van der Waals surface area contributed by atoms with E-state index in [1.54, 1.807) is 17.9 Å². The minimum absolute atomic E-state index is 0. The van der Waals surface area contributed by atoms with Crippen molar-refractivity contribution in [3.05, 3.63) is 47.8 Å². The van der Waals surface area contributed by atoms with Crippen LogP contribution in [0.15, 0.2) is 36.7 Å². The lowest BCUT2D eigenvalue weighted by molar-refractivity contribution is -0.118. The number of likely N-dealkylation sites (N-methyl/N-ethyl adjacent to an activating group) is 1. The number of hydrogen-bond acceptors (Lipinski definition) is 4. The molecule has 1 aliphatic rings. The highest BCUT2D eigenvalue weighted by Gasteiger charge is 2.21. The number of benzene rings is 1. The topological polar surface area (TPSA) is 62.2 Å². The Morgan fingerprint density at radius 3 is 2.54 bits per heavy atom. The molecule has 28 heavy (non-hydrogen) atoms. The highest BCUT2D eigenvalue weighted by molar-refractivity contribution is 5.95. The molecule has 1 aliphatic heterocycles. The number of hydrogen-bond donors (Lipinski definition) is 2. The molecular formula is C20H31Cl2N5O. The number of likely N-dealkylation sites (tertiary alicyclic amines) is 1. The van der Waals surface area contributed by atoms with Crippen molar-refractivity contribution >= 4 is 36.4 Å². The molecule has 0 radical (unpaired) electrons. The number of halogens is 2. The number of rotatable bonds is 6. The van der Waals surface area contributed by atoms with Gasteiger partial charge in [-0.05, 0) is 51.1 Å². The second-order valence-corrected chi connectivity index (χ2v) is 7.17. The lowest BCUT2D eigenvalue weighted by Gasteiger charge is -2.33. The third kappa shape index (κ3) is 6.21. The molecule has 2 unspecified atom stereocenters. The summed E-state index contributed by atoms with van der Waals surface area (Å²) < 4.78 is 1.70. The van der Waals surface area contributed by atoms with Crippen LogP contribution in [-0.4, -0.2) is 40.2 Å². The normalized spacial score (nSPS) is 17.9. The zero-order valence-electron chi connectivity index (χ0n) is 16.7. The number of piperidine rings is 1. The SMILES string of the molecule is CNC(C(=O)Nc1ccc(CN2CCCCC2C)cc1)c1cnn(C)c1.Cl.Cl. The number of aromatic nitrogens is 2. The fourth-order valence-electron chi connectivity index (χ4n) is 3.57. The van der Waals surface area contributed by atoms with Gasteiger partial charge in [0.15, 0.2) is 0 Å². The summed E-state index contributed by atoms with van der Waals surface area (Å²) in [5.41, 5.74) is 2.95. The number of anilines is 1. The van der Waals surface area contributed by atoms with E-state index in [0.717, 1.165) is 17.8 Å². The second-order valence-electron chi connectivity index (χ2n) is 7.17. The van der Waals surface area contributed by atoms with E-state index in [9.17, 15) is 4.79 Å². The molecule has 1 saturated heterocycles. The average Bonchev–Trinajstić information content (AvgIpc) is 3.05. The largest absolute Gasteiger partial charge is 0.324 e. The fraction of sp³-hybridized carbons (Fsp3) is 0.500. The van der Waals surface area contributed by atoms with Crippen molar-refractivity contribution in [3.63, 3.8) is 0 Å². The molecule has 0 bridgehead atoms. The molecule has 156 valence electrons. The van der Waals surface area contributed by atoms with Crippen LogP contribution < -0.4 is 10.6 Å². The predicted molar refractivity (Wildman–Crippen MR) is 118 cm³/mol. The van der Waals surface area contributed by atoms with Crippen LogP contribution in [0, 0.1) is 0 Å². The Hall–Kier alpha value is -1.60. The van der Waals surface area contributed by atoms with Crippen molar-refractivity contribution in [2.45, 2.75) is 44.8 Å². The molecule has 1 aromatic carbocycles. The van der Waals surface area contributed by atoms with Gasteiger partial charge in [-0.25, -0.2) is 0 Å². The van der Waals surface area contributed by atoms with Crippen molar-refractivity contribution in [1.82, 2.24) is 20.0 Å². The Bertz CT molecular complexity index is 734. The van der Waals surface area contributed by atoms with Gasteiger partial charge < -0.3 is 10.6 Å². The van der Waals surface area contributed by atoms with E-state index < -0.39 is 6.04 Å². The molecule has 0 aliphatic carbocycles. The summed E-state index contributed by atoms with van der Waals surface area (Å²) in [6, 6.07) is 8.41. The molecule has 2 heterocycles. The van der Waals surface area contributed by atoms with Gasteiger partial charge in [-0.1, -0.05) is 18.6 Å². The van der Waals surface area contributed by atoms with Gasteiger partial charge >= 0.3 is 0 Å². The Kier molecular flexibility index (Phi) is 9.96. The third-order valence-corrected chi connectivity index (χ3v) is 5.16. The van der Waals surface area contributed by atoms with Gasteiger partial charge in [-0.15, -0.1) is 24.8 Å². The molecule has 0 spiro atoms. The molecule has 8 heteroatoms. The van der Waals surface area contributed by atoms with Crippen LogP contribution in [0.1, 0.15) is 43.4 Å². The molecule has 2 N–H and O–H groups in total. The third-order valence-electron chi connectivity index (χ3n) is 5.16. The van der Waals surface area contributed by atoms with E-state index in [-0.39, 0.29) is 30.7 Å². The lowest BCUT2D eigenvalue weighted by Crippen LogP contribution is -2.36. The Balaban J connectivity index is 0.00000196. The summed E-state index contributed by atoms with van der Waals surface area (Å²) in [5, 5.41) is 10.2. The molecule has 2 atom stereocenters. The van der Waals surface area contributed by atoms with E-state index in [1.165, 1.54) is 31.4 Å². The van der Waals surface area contributed by atoms with Crippen LogP contribution in [0.2, 0.25) is 0 Å². The Morgan fingerprint density at radius 2 is 1.96 bits per heavy atom. The summed E-state index contributed by atoms with van der Waals surface area (Å²) in [5.74, 6) is -0.0853. The molecule has 1 fully saturated rings. The van der Waals surface area contributed by atoms with Crippen LogP contribution in [0.25, 0.3) is 0 Å². The van der Waals surface area contributed by atoms with Crippen molar-refractivity contribution in [3.8, 4) is 0 Å². The minimum atomic E-state index is -0.419. The smallest absolute Gasteiger partial charge is 0.246 e. The minimum Gasteiger partial charge on any atom is -0.324 e. The number of nitrogens with zero attached hydrogens (tertiary/aromatic N) is 3. The first-order chi connectivity index (χ1) is 12.6. The van der Waals surface area contributed by atoms with Crippen molar-refractivity contribution < 1.29 is 4.79 Å². The van der Waals surface area contributed by atoms with Gasteiger partial charge in [0, 0.05) is 37.1 Å². The first-order valence-corrected chi connectivity index (χ1v) is 9.36. The zero-order valence-corrected chi connectivity index (χ0v) is 18.4. The van der Waals surface area contributed by atoms with Gasteiger partial charge in [0.05, 0.1) is 6.20 Å². The summed E-state index contributed by atoms with van der Waals surface area (Å²) in [7, 11) is 3.62. The monoisotopic (exact) mass is 427 g/mol. The van der Waals surface area contributed by atoms with Gasteiger partial charge in [-0.2, -0.15) is 5.10 Å². The number of aryl methyl sites for hydroxylation is 1. The first-order valence-electron chi connectivity index (χ1n) is 9.36. The maximum absolute atomic E-state index is 12.6. The second kappa shape index (κ2) is 11.4. The summed E-state index contributed by atoms with van der Waals surface area (Å²) in [6.45, 7) is 4.46. The van der Waals surface area contributed by atoms with E-state index in [0.29, 0.717) is 6.04 Å². The van der Waals surface area contributed by atoms with Crippen LogP contribution in [0.4, 0.5) is 5.69 Å². The average molecular weight is 428 g/mol. The standard InChI is InChI=1S/C20H29N5O.2ClH/c1-15-6-4-5-11-25(15)13-16-7-9-18(10-8-16)23-20(26)19(21-2)17-12-22-24(3)14-17;;/h7-10,12,14-15,19,21H,4-6,11,13H2,1-3H3,(H,23,26);2*1H. The molecule has 2 aromatic rings. The summed E-state index contributed by atoms with van der Waals surface area (Å²) >= 11 is 0. The molecule has 6 nitrogen and oxygen atoms in total. The molecule has 1 aromatic heterocycles. The molecule has 3 rings (SSSR count). The molecule has 0 saturated carbocycles. The van der Waals surface area contributed by atoms with Crippen molar-refractivity contribution in [1.29, 1.82) is 0 Å². The van der Waals surface area contributed by atoms with Crippen molar-refractivity contribution in [2.75, 3.05) is 18.9 Å². The number of amides is 1. The predicted octanol–water partition coefficient (Wildman–Crippen LogP) is 3.54. The maximum Gasteiger partial charge on any atom is 0.246 e. The molecule has 1 amide bonds. The van der Waals surface area contributed by atoms with Crippen LogP contribution >= 0.6 is 24.8 Å². The number of carbonyl (C=O) groups excluding carboxylic acids is 1. The number of carbonyl (C=O) groups is 1. The Morgan fingerprint density at radius 1 is 1.25 bits per heavy atom. The van der Waals surface area contributed by atoms with E-state index in [4.69, 9.17) is 0 Å². The van der Waals surface area contributed by atoms with E-state index in [1.807, 2.05) is 25.4 Å². The van der Waals surface area contributed by atoms with E-state index >= 15 is 0 Å². The highest BCUT2D eigenvalue weighted by atomic mass is 35.5. The molecular weight excluding hydrogens is 397 g/mol.